The molecule has 1 heterocycles. The van der Waals surface area contributed by atoms with E-state index in [-0.39, 0.29) is 5.60 Å². The molecule has 1 aliphatic heterocycles. The molecule has 0 radical (unpaired) electrons. The largest absolute Gasteiger partial charge is 0.367 e. The third-order valence-electron chi connectivity index (χ3n) is 2.34. The number of hydrogen-bond acceptors (Lipinski definition) is 4. The van der Waals surface area contributed by atoms with Gasteiger partial charge >= 0.3 is 0 Å². The molecule has 1 aromatic rings. The summed E-state index contributed by atoms with van der Waals surface area (Å²) in [7, 11) is 0. The Balaban J connectivity index is 1.92. The zero-order valence-corrected chi connectivity index (χ0v) is 8.55. The molecule has 82 valence electrons. The molecule has 15 heavy (non-hydrogen) atoms. The summed E-state index contributed by atoms with van der Waals surface area (Å²) in [6.45, 7) is 3.06. The average Bonchev–Trinajstić information content (AvgIpc) is 2.99. The Morgan fingerprint density at radius 3 is 2.67 bits per heavy atom. The van der Waals surface area contributed by atoms with Crippen LogP contribution in [0.1, 0.15) is 18.8 Å². The first-order valence-electron chi connectivity index (χ1n) is 4.84. The molecular weight excluding hydrogens is 196 g/mol. The number of epoxide rings is 1. The molecule has 0 aliphatic carbocycles. The van der Waals surface area contributed by atoms with Gasteiger partial charge in [-0.2, -0.15) is 0 Å². The second kappa shape index (κ2) is 4.28. The minimum Gasteiger partial charge on any atom is -0.367 e. The Hall–Kier alpha value is -0.940. The van der Waals surface area contributed by atoms with Crippen molar-refractivity contribution in [3.63, 3.8) is 0 Å². The monoisotopic (exact) mass is 210 g/mol. The van der Waals surface area contributed by atoms with E-state index in [1.165, 1.54) is 0 Å². The van der Waals surface area contributed by atoms with Gasteiger partial charge in [0.1, 0.15) is 5.60 Å². The van der Waals surface area contributed by atoms with Crippen molar-refractivity contribution >= 4 is 0 Å². The summed E-state index contributed by atoms with van der Waals surface area (Å²) in [4.78, 5) is 4.28. The average molecular weight is 210 g/mol. The Kier molecular flexibility index (Phi) is 3.02. The third-order valence-corrected chi connectivity index (χ3v) is 2.34. The maximum Gasteiger partial charge on any atom is 0.217 e. The van der Waals surface area contributed by atoms with Crippen LogP contribution >= 0.6 is 0 Å². The predicted molar refractivity (Wildman–Crippen MR) is 53.2 cm³/mol. The van der Waals surface area contributed by atoms with Gasteiger partial charge in [-0.25, -0.2) is 10.1 Å². The molecule has 4 nitrogen and oxygen atoms in total. The summed E-state index contributed by atoms with van der Waals surface area (Å²) in [6, 6.07) is 9.28. The summed E-state index contributed by atoms with van der Waals surface area (Å²) in [5.41, 5.74) is 0.579. The van der Waals surface area contributed by atoms with Gasteiger partial charge in [0.2, 0.25) is 6.29 Å². The maximum absolute atomic E-state index is 8.73. The van der Waals surface area contributed by atoms with Crippen molar-refractivity contribution in [3.8, 4) is 0 Å². The zero-order valence-electron chi connectivity index (χ0n) is 8.55. The van der Waals surface area contributed by atoms with Crippen LogP contribution in [-0.4, -0.2) is 24.1 Å². The molecule has 1 saturated heterocycles. The highest BCUT2D eigenvalue weighted by molar-refractivity contribution is 5.15. The van der Waals surface area contributed by atoms with E-state index in [0.717, 1.165) is 5.56 Å². The van der Waals surface area contributed by atoms with Crippen molar-refractivity contribution < 1.29 is 19.6 Å². The topological polar surface area (TPSA) is 51.2 Å². The zero-order chi connectivity index (χ0) is 10.7. The Morgan fingerprint density at radius 1 is 1.47 bits per heavy atom. The Labute approximate surface area is 88.3 Å². The molecule has 0 spiro atoms. The van der Waals surface area contributed by atoms with Gasteiger partial charge in [0, 0.05) is 5.56 Å². The predicted octanol–water partition coefficient (Wildman–Crippen LogP) is 1.98. The van der Waals surface area contributed by atoms with Crippen molar-refractivity contribution in [1.29, 1.82) is 0 Å². The van der Waals surface area contributed by atoms with Crippen LogP contribution in [0.5, 0.6) is 0 Å². The molecular formula is C11H14O4. The highest BCUT2D eigenvalue weighted by Gasteiger charge is 2.40. The van der Waals surface area contributed by atoms with Gasteiger partial charge in [-0.05, 0) is 6.92 Å². The van der Waals surface area contributed by atoms with E-state index >= 15 is 0 Å². The Morgan fingerprint density at radius 2 is 2.13 bits per heavy atom. The SMILES string of the molecule is CC1(COC(OO)c2ccccc2)CO1. The molecule has 2 unspecified atom stereocenters. The standard InChI is InChI=1S/C11H14O4/c1-11(8-14-11)7-13-10(15-12)9-5-3-2-4-6-9/h2-6,10,12H,7-8H2,1H3. The van der Waals surface area contributed by atoms with Crippen LogP contribution in [-0.2, 0) is 14.4 Å². The molecule has 0 saturated carbocycles. The summed E-state index contributed by atoms with van der Waals surface area (Å²) < 4.78 is 10.6. The molecule has 0 amide bonds. The normalized spacial score (nSPS) is 26.3. The summed E-state index contributed by atoms with van der Waals surface area (Å²) >= 11 is 0. The van der Waals surface area contributed by atoms with E-state index in [1.807, 2.05) is 37.3 Å². The van der Waals surface area contributed by atoms with Gasteiger partial charge in [-0.15, -0.1) is 0 Å². The van der Waals surface area contributed by atoms with Crippen LogP contribution in [0.2, 0.25) is 0 Å². The molecule has 1 N–H and O–H groups in total. The molecule has 4 heteroatoms. The molecule has 0 aromatic heterocycles. The van der Waals surface area contributed by atoms with E-state index in [4.69, 9.17) is 14.7 Å². The first-order chi connectivity index (χ1) is 7.23. The van der Waals surface area contributed by atoms with E-state index in [0.29, 0.717) is 13.2 Å². The lowest BCUT2D eigenvalue weighted by Crippen LogP contribution is -2.18. The molecule has 1 fully saturated rings. The van der Waals surface area contributed by atoms with Crippen LogP contribution < -0.4 is 0 Å². The van der Waals surface area contributed by atoms with Crippen LogP contribution in [0.25, 0.3) is 0 Å². The quantitative estimate of drug-likeness (QED) is 0.349. The second-order valence-corrected chi connectivity index (χ2v) is 3.90. The number of benzene rings is 1. The van der Waals surface area contributed by atoms with Crippen LogP contribution in [0.4, 0.5) is 0 Å². The van der Waals surface area contributed by atoms with E-state index in [1.54, 1.807) is 0 Å². The summed E-state index contributed by atoms with van der Waals surface area (Å²) in [5, 5.41) is 8.73. The van der Waals surface area contributed by atoms with Gasteiger partial charge < -0.3 is 9.47 Å². The van der Waals surface area contributed by atoms with Crippen LogP contribution in [0, 0.1) is 0 Å². The number of hydrogen-bond donors (Lipinski definition) is 1. The van der Waals surface area contributed by atoms with E-state index in [2.05, 4.69) is 4.89 Å². The first kappa shape index (κ1) is 10.6. The molecule has 0 bridgehead atoms. The summed E-state index contributed by atoms with van der Waals surface area (Å²) in [6.07, 6.45) is -0.743. The highest BCUT2D eigenvalue weighted by atomic mass is 17.1. The second-order valence-electron chi connectivity index (χ2n) is 3.90. The van der Waals surface area contributed by atoms with Gasteiger partial charge in [0.15, 0.2) is 0 Å². The van der Waals surface area contributed by atoms with Crippen molar-refractivity contribution in [3.05, 3.63) is 35.9 Å². The van der Waals surface area contributed by atoms with Gasteiger partial charge in [-0.3, -0.25) is 0 Å². The van der Waals surface area contributed by atoms with Crippen molar-refractivity contribution in [2.24, 2.45) is 0 Å². The molecule has 2 atom stereocenters. The molecule has 1 aliphatic rings. The lowest BCUT2D eigenvalue weighted by Gasteiger charge is -2.15. The van der Waals surface area contributed by atoms with E-state index < -0.39 is 6.29 Å². The smallest absolute Gasteiger partial charge is 0.217 e. The van der Waals surface area contributed by atoms with Crippen LogP contribution in [0.3, 0.4) is 0 Å². The van der Waals surface area contributed by atoms with Crippen LogP contribution in [0.15, 0.2) is 30.3 Å². The highest BCUT2D eigenvalue weighted by Crippen LogP contribution is 2.28. The fourth-order valence-corrected chi connectivity index (χ4v) is 1.26. The number of ether oxygens (including phenoxy) is 2. The molecule has 2 rings (SSSR count). The lowest BCUT2D eigenvalue weighted by molar-refractivity contribution is -0.352. The minimum atomic E-state index is -0.743. The fourth-order valence-electron chi connectivity index (χ4n) is 1.26. The van der Waals surface area contributed by atoms with Gasteiger partial charge in [0.05, 0.1) is 13.2 Å². The number of rotatable bonds is 5. The Bertz CT molecular complexity index is 308. The summed E-state index contributed by atoms with van der Waals surface area (Å²) in [5.74, 6) is 0. The lowest BCUT2D eigenvalue weighted by atomic mass is 10.2. The third kappa shape index (κ3) is 2.76. The van der Waals surface area contributed by atoms with Crippen molar-refractivity contribution in [1.82, 2.24) is 0 Å². The minimum absolute atomic E-state index is 0.203. The maximum atomic E-state index is 8.73. The van der Waals surface area contributed by atoms with Gasteiger partial charge in [0.25, 0.3) is 0 Å². The molecule has 1 aromatic carbocycles. The van der Waals surface area contributed by atoms with E-state index in [9.17, 15) is 0 Å². The van der Waals surface area contributed by atoms with Crippen molar-refractivity contribution in [2.75, 3.05) is 13.2 Å². The fraction of sp³-hybridized carbons (Fsp3) is 0.455. The van der Waals surface area contributed by atoms with Gasteiger partial charge in [-0.1, -0.05) is 30.3 Å². The van der Waals surface area contributed by atoms with Crippen molar-refractivity contribution in [2.45, 2.75) is 18.8 Å². The first-order valence-corrected chi connectivity index (χ1v) is 4.84.